The van der Waals surface area contributed by atoms with Crippen molar-refractivity contribution >= 4 is 39.8 Å². The molecule has 1 amide bonds. The molecule has 3 aromatic rings. The van der Waals surface area contributed by atoms with Crippen LogP contribution < -0.4 is 4.90 Å². The molecule has 2 aromatic heterocycles. The van der Waals surface area contributed by atoms with Gasteiger partial charge < -0.3 is 0 Å². The maximum Gasteiger partial charge on any atom is 0.230 e. The first kappa shape index (κ1) is 16.2. The largest absolute Gasteiger partial charge is 0.274 e. The summed E-state index contributed by atoms with van der Waals surface area (Å²) in [5.41, 5.74) is 1.73. The molecule has 4 rings (SSSR count). The maximum absolute atomic E-state index is 12.1. The Hall–Kier alpha value is -2.26. The number of tetrazole rings is 1. The van der Waals surface area contributed by atoms with E-state index >= 15 is 0 Å². The minimum absolute atomic E-state index is 0.0579. The van der Waals surface area contributed by atoms with Crippen LogP contribution in [0.15, 0.2) is 40.9 Å². The Morgan fingerprint density at radius 1 is 1.36 bits per heavy atom. The predicted molar refractivity (Wildman–Crippen MR) is 97.0 cm³/mol. The fourth-order valence-electron chi connectivity index (χ4n) is 2.44. The highest BCUT2D eigenvalue weighted by Crippen LogP contribution is 2.37. The molecule has 0 saturated heterocycles. The molecule has 128 valence electrons. The number of nitrogens with zero attached hydrogens (tertiary/aromatic N) is 6. The van der Waals surface area contributed by atoms with E-state index in [-0.39, 0.29) is 5.91 Å². The summed E-state index contributed by atoms with van der Waals surface area (Å²) in [6.07, 6.45) is 2.29. The molecule has 1 fully saturated rings. The van der Waals surface area contributed by atoms with Crippen molar-refractivity contribution < 1.29 is 4.79 Å². The summed E-state index contributed by atoms with van der Waals surface area (Å²) < 4.78 is 1.89. The lowest BCUT2D eigenvalue weighted by Gasteiger charge is -2.17. The minimum atomic E-state index is -0.0579. The van der Waals surface area contributed by atoms with Gasteiger partial charge in [-0.3, -0.25) is 9.69 Å². The van der Waals surface area contributed by atoms with Gasteiger partial charge in [-0.15, -0.1) is 16.4 Å². The molecule has 0 radical (unpaired) electrons. The van der Waals surface area contributed by atoms with Crippen molar-refractivity contribution in [2.75, 3.05) is 4.90 Å². The predicted octanol–water partition coefficient (Wildman–Crippen LogP) is 3.44. The Morgan fingerprint density at radius 3 is 2.88 bits per heavy atom. The molecule has 1 aromatic carbocycles. The van der Waals surface area contributed by atoms with E-state index in [1.54, 1.807) is 23.6 Å². The molecule has 1 aliphatic carbocycles. The zero-order chi connectivity index (χ0) is 17.2. The number of anilines is 2. The lowest BCUT2D eigenvalue weighted by molar-refractivity contribution is -0.115. The van der Waals surface area contributed by atoms with Crippen molar-refractivity contribution in [1.82, 2.24) is 25.2 Å². The van der Waals surface area contributed by atoms with Crippen LogP contribution in [0.4, 0.5) is 10.8 Å². The van der Waals surface area contributed by atoms with E-state index < -0.39 is 0 Å². The van der Waals surface area contributed by atoms with Crippen LogP contribution in [-0.4, -0.2) is 31.1 Å². The molecule has 2 heterocycles. The molecule has 0 bridgehead atoms. The lowest BCUT2D eigenvalue weighted by Crippen LogP contribution is -2.22. The second-order valence-corrected chi connectivity index (χ2v) is 7.52. The molecular weight excluding hydrogens is 356 g/mol. The van der Waals surface area contributed by atoms with Gasteiger partial charge in [0.05, 0.1) is 17.4 Å². The lowest BCUT2D eigenvalue weighted by atomic mass is 10.3. The number of hydrogen-bond donors (Lipinski definition) is 0. The normalized spacial score (nSPS) is 13.8. The van der Waals surface area contributed by atoms with E-state index in [9.17, 15) is 4.79 Å². The van der Waals surface area contributed by atoms with Gasteiger partial charge in [-0.25, -0.2) is 9.67 Å². The summed E-state index contributed by atoms with van der Waals surface area (Å²) >= 11 is 3.04. The monoisotopic (exact) mass is 372 g/mol. The van der Waals surface area contributed by atoms with Crippen LogP contribution in [0.25, 0.3) is 0 Å². The third-order valence-corrected chi connectivity index (χ3v) is 5.61. The Bertz CT molecular complexity index is 874. The average Bonchev–Trinajstić information content (AvgIpc) is 3.17. The minimum Gasteiger partial charge on any atom is -0.274 e. The number of thioether (sulfide) groups is 1. The van der Waals surface area contributed by atoms with Crippen molar-refractivity contribution in [3.05, 3.63) is 41.4 Å². The second kappa shape index (κ2) is 6.93. The van der Waals surface area contributed by atoms with Crippen molar-refractivity contribution in [3.8, 4) is 0 Å². The number of rotatable bonds is 6. The number of para-hydroxylation sites is 1. The molecule has 0 atom stereocenters. The summed E-state index contributed by atoms with van der Waals surface area (Å²) in [5, 5.41) is 15.4. The summed E-state index contributed by atoms with van der Waals surface area (Å²) in [4.78, 5) is 18.3. The van der Waals surface area contributed by atoms with Gasteiger partial charge in [0.2, 0.25) is 11.1 Å². The summed E-state index contributed by atoms with van der Waals surface area (Å²) in [5.74, 6) is 0.613. The first-order valence-electron chi connectivity index (χ1n) is 7.93. The fraction of sp³-hybridized carbons (Fsp3) is 0.312. The molecule has 7 nitrogen and oxygen atoms in total. The third kappa shape index (κ3) is 3.57. The van der Waals surface area contributed by atoms with Crippen molar-refractivity contribution in [1.29, 1.82) is 0 Å². The standard InChI is InChI=1S/C16H16N6OS2/c1-11(23)21(13-5-3-2-4-6-13)15-17-12(9-24-15)10-25-16-18-19-20-22(16)14-7-8-14/h2-6,9,14H,7-8,10H2,1H3. The molecule has 0 unspecified atom stereocenters. The molecule has 0 spiro atoms. The van der Waals surface area contributed by atoms with Crippen LogP contribution in [0, 0.1) is 0 Å². The first-order chi connectivity index (χ1) is 12.2. The van der Waals surface area contributed by atoms with E-state index in [1.165, 1.54) is 11.3 Å². The summed E-state index contributed by atoms with van der Waals surface area (Å²) in [7, 11) is 0. The Balaban J connectivity index is 1.49. The van der Waals surface area contributed by atoms with Crippen LogP contribution in [0.1, 0.15) is 31.5 Å². The van der Waals surface area contributed by atoms with Gasteiger partial charge in [-0.1, -0.05) is 30.0 Å². The zero-order valence-corrected chi connectivity index (χ0v) is 15.2. The van der Waals surface area contributed by atoms with E-state index in [0.29, 0.717) is 16.9 Å². The Kier molecular flexibility index (Phi) is 4.50. The number of carbonyl (C=O) groups excluding carboxylic acids is 1. The topological polar surface area (TPSA) is 76.8 Å². The number of aromatic nitrogens is 5. The smallest absolute Gasteiger partial charge is 0.230 e. The van der Waals surface area contributed by atoms with Gasteiger partial charge in [0.25, 0.3) is 0 Å². The molecule has 0 aliphatic heterocycles. The van der Waals surface area contributed by atoms with Gasteiger partial charge in [0.15, 0.2) is 5.13 Å². The molecule has 1 saturated carbocycles. The highest BCUT2D eigenvalue weighted by Gasteiger charge is 2.28. The number of benzene rings is 1. The van der Waals surface area contributed by atoms with Crippen LogP contribution in [0.3, 0.4) is 0 Å². The van der Waals surface area contributed by atoms with E-state index in [0.717, 1.165) is 29.4 Å². The van der Waals surface area contributed by atoms with Crippen LogP contribution in [0.2, 0.25) is 0 Å². The number of carbonyl (C=O) groups is 1. The Labute approximate surface area is 153 Å². The van der Waals surface area contributed by atoms with Crippen LogP contribution in [0.5, 0.6) is 0 Å². The van der Waals surface area contributed by atoms with Gasteiger partial charge in [0.1, 0.15) is 0 Å². The molecule has 25 heavy (non-hydrogen) atoms. The van der Waals surface area contributed by atoms with E-state index in [2.05, 4.69) is 20.5 Å². The van der Waals surface area contributed by atoms with Crippen LogP contribution in [-0.2, 0) is 10.5 Å². The number of amides is 1. The number of hydrogen-bond acceptors (Lipinski definition) is 7. The highest BCUT2D eigenvalue weighted by molar-refractivity contribution is 7.98. The van der Waals surface area contributed by atoms with Gasteiger partial charge >= 0.3 is 0 Å². The zero-order valence-electron chi connectivity index (χ0n) is 13.6. The van der Waals surface area contributed by atoms with E-state index in [4.69, 9.17) is 0 Å². The van der Waals surface area contributed by atoms with Gasteiger partial charge in [-0.2, -0.15) is 0 Å². The summed E-state index contributed by atoms with van der Waals surface area (Å²) in [6.45, 7) is 1.55. The van der Waals surface area contributed by atoms with Crippen LogP contribution >= 0.6 is 23.1 Å². The first-order valence-corrected chi connectivity index (χ1v) is 9.79. The third-order valence-electron chi connectivity index (χ3n) is 3.76. The van der Waals surface area contributed by atoms with Crippen molar-refractivity contribution in [3.63, 3.8) is 0 Å². The number of thiazole rings is 1. The summed E-state index contributed by atoms with van der Waals surface area (Å²) in [6, 6.07) is 10.0. The quantitative estimate of drug-likeness (QED) is 0.617. The second-order valence-electron chi connectivity index (χ2n) is 5.74. The fourth-order valence-corrected chi connectivity index (χ4v) is 4.27. The molecule has 9 heteroatoms. The molecular formula is C16H16N6OS2. The Morgan fingerprint density at radius 2 is 2.16 bits per heavy atom. The maximum atomic E-state index is 12.1. The average molecular weight is 372 g/mol. The molecule has 0 N–H and O–H groups in total. The van der Waals surface area contributed by atoms with E-state index in [1.807, 2.05) is 40.4 Å². The van der Waals surface area contributed by atoms with Crippen molar-refractivity contribution in [2.45, 2.75) is 36.7 Å². The highest BCUT2D eigenvalue weighted by atomic mass is 32.2. The van der Waals surface area contributed by atoms with Crippen molar-refractivity contribution in [2.24, 2.45) is 0 Å². The van der Waals surface area contributed by atoms with Gasteiger partial charge in [-0.05, 0) is 35.4 Å². The van der Waals surface area contributed by atoms with Gasteiger partial charge in [0, 0.05) is 18.1 Å². The molecule has 1 aliphatic rings. The SMILES string of the molecule is CC(=O)N(c1ccccc1)c1nc(CSc2nnnn2C2CC2)cs1.